The van der Waals surface area contributed by atoms with Gasteiger partial charge in [-0.2, -0.15) is 0 Å². The lowest BCUT2D eigenvalue weighted by Crippen LogP contribution is -2.48. The molecule has 126 valence electrons. The van der Waals surface area contributed by atoms with Crippen LogP contribution in [-0.2, 0) is 11.2 Å². The minimum atomic E-state index is -0.0104. The number of phenolic OH excluding ortho intramolecular Hbond substituents is 1. The van der Waals surface area contributed by atoms with Gasteiger partial charge in [-0.1, -0.05) is 26.0 Å². The summed E-state index contributed by atoms with van der Waals surface area (Å²) in [7, 11) is 0. The minimum Gasteiger partial charge on any atom is -0.508 e. The second kappa shape index (κ2) is 6.04. The van der Waals surface area contributed by atoms with Crippen LogP contribution in [0.3, 0.4) is 0 Å². The Morgan fingerprint density at radius 1 is 1.48 bits per heavy atom. The van der Waals surface area contributed by atoms with Crippen molar-refractivity contribution in [2.24, 2.45) is 11.3 Å². The van der Waals surface area contributed by atoms with Crippen LogP contribution in [0.2, 0.25) is 0 Å². The van der Waals surface area contributed by atoms with Crippen molar-refractivity contribution in [3.8, 4) is 5.75 Å². The summed E-state index contributed by atoms with van der Waals surface area (Å²) in [6.45, 7) is 8.58. The number of benzene rings is 1. The molecule has 2 amide bonds. The lowest BCUT2D eigenvalue weighted by molar-refractivity contribution is 0.124. The van der Waals surface area contributed by atoms with Crippen molar-refractivity contribution >= 4 is 6.03 Å². The monoisotopic (exact) mass is 318 g/mol. The summed E-state index contributed by atoms with van der Waals surface area (Å²) < 4.78 is 5.59. The Labute approximate surface area is 137 Å². The number of fused-ring (bicyclic) bond motifs is 1. The van der Waals surface area contributed by atoms with Crippen molar-refractivity contribution < 1.29 is 14.6 Å². The summed E-state index contributed by atoms with van der Waals surface area (Å²) in [4.78, 5) is 14.6. The quantitative estimate of drug-likeness (QED) is 0.899. The van der Waals surface area contributed by atoms with Gasteiger partial charge in [0.2, 0.25) is 0 Å². The first-order chi connectivity index (χ1) is 10.9. The summed E-state index contributed by atoms with van der Waals surface area (Å²) >= 11 is 0. The van der Waals surface area contributed by atoms with Crippen LogP contribution >= 0.6 is 0 Å². The largest absolute Gasteiger partial charge is 0.508 e. The molecular formula is C18H26N2O3. The van der Waals surface area contributed by atoms with Crippen LogP contribution in [0.5, 0.6) is 5.75 Å². The van der Waals surface area contributed by atoms with Gasteiger partial charge < -0.3 is 20.1 Å². The van der Waals surface area contributed by atoms with Crippen LogP contribution in [0.4, 0.5) is 4.79 Å². The lowest BCUT2D eigenvalue weighted by atomic mass is 9.80. The van der Waals surface area contributed by atoms with Gasteiger partial charge in [0.15, 0.2) is 0 Å². The van der Waals surface area contributed by atoms with Gasteiger partial charge in [-0.05, 0) is 36.5 Å². The van der Waals surface area contributed by atoms with Gasteiger partial charge in [0.05, 0.1) is 19.3 Å². The molecule has 1 unspecified atom stereocenters. The van der Waals surface area contributed by atoms with Gasteiger partial charge in [-0.3, -0.25) is 0 Å². The maximum absolute atomic E-state index is 12.7. The van der Waals surface area contributed by atoms with Gasteiger partial charge >= 0.3 is 6.03 Å². The number of likely N-dealkylation sites (tertiary alicyclic amines) is 1. The molecule has 0 spiro atoms. The molecule has 0 radical (unpaired) electrons. The molecule has 1 aromatic carbocycles. The predicted molar refractivity (Wildman–Crippen MR) is 88.4 cm³/mol. The minimum absolute atomic E-state index is 0.00813. The fourth-order valence-electron chi connectivity index (χ4n) is 3.87. The number of urea groups is 1. The lowest BCUT2D eigenvalue weighted by Gasteiger charge is -2.26. The van der Waals surface area contributed by atoms with Gasteiger partial charge in [-0.25, -0.2) is 4.79 Å². The standard InChI is InChI=1S/C18H26N2O3/c1-12(7-13-5-4-6-14(21)8-13)19-17(22)20-11-18(2,3)15-9-23-10-16(15)20/h4-6,8,12,15-16,21H,7,9-11H2,1-3H3,(H,19,22)/t12?,15-,16+/m1/s1. The Balaban J connectivity index is 1.60. The maximum atomic E-state index is 12.7. The highest BCUT2D eigenvalue weighted by Crippen LogP contribution is 2.43. The second-order valence-corrected chi connectivity index (χ2v) is 7.55. The molecule has 0 bridgehead atoms. The van der Waals surface area contributed by atoms with Crippen LogP contribution in [0.15, 0.2) is 24.3 Å². The van der Waals surface area contributed by atoms with Crippen LogP contribution in [0, 0.1) is 11.3 Å². The number of carbonyl (C=O) groups is 1. The van der Waals surface area contributed by atoms with E-state index in [1.54, 1.807) is 12.1 Å². The Kier molecular flexibility index (Phi) is 4.23. The first-order valence-corrected chi connectivity index (χ1v) is 8.29. The highest BCUT2D eigenvalue weighted by atomic mass is 16.5. The summed E-state index contributed by atoms with van der Waals surface area (Å²) in [5, 5.41) is 12.6. The van der Waals surface area contributed by atoms with E-state index in [0.717, 1.165) is 18.7 Å². The SMILES string of the molecule is CC(Cc1cccc(O)c1)NC(=O)N1CC(C)(C)[C@@H]2COC[C@@H]21. The number of ether oxygens (including phenoxy) is 1. The van der Waals surface area contributed by atoms with E-state index in [0.29, 0.717) is 18.9 Å². The molecule has 0 saturated carbocycles. The number of nitrogens with zero attached hydrogens (tertiary/aromatic N) is 1. The Morgan fingerprint density at radius 2 is 2.26 bits per heavy atom. The summed E-state index contributed by atoms with van der Waals surface area (Å²) in [6, 6.07) is 7.36. The molecule has 2 aliphatic rings. The Morgan fingerprint density at radius 3 is 3.00 bits per heavy atom. The molecule has 5 nitrogen and oxygen atoms in total. The first-order valence-electron chi connectivity index (χ1n) is 8.29. The van der Waals surface area contributed by atoms with Gasteiger partial charge in [0, 0.05) is 18.5 Å². The summed E-state index contributed by atoms with van der Waals surface area (Å²) in [5.74, 6) is 0.683. The molecule has 3 atom stereocenters. The third kappa shape index (κ3) is 3.29. The number of carbonyl (C=O) groups excluding carboxylic acids is 1. The second-order valence-electron chi connectivity index (χ2n) is 7.55. The molecule has 0 aliphatic carbocycles. The molecule has 5 heteroatoms. The normalized spacial score (nSPS) is 26.8. The molecule has 2 N–H and O–H groups in total. The average Bonchev–Trinajstić information content (AvgIpc) is 3.02. The Bertz CT molecular complexity index is 587. The van der Waals surface area contributed by atoms with Crippen molar-refractivity contribution in [2.45, 2.75) is 39.3 Å². The Hall–Kier alpha value is -1.75. The molecule has 2 heterocycles. The highest BCUT2D eigenvalue weighted by molar-refractivity contribution is 5.75. The van der Waals surface area contributed by atoms with E-state index in [9.17, 15) is 9.90 Å². The molecule has 2 saturated heterocycles. The summed E-state index contributed by atoms with van der Waals surface area (Å²) in [5.41, 5.74) is 1.12. The van der Waals surface area contributed by atoms with E-state index in [1.807, 2.05) is 24.0 Å². The zero-order valence-electron chi connectivity index (χ0n) is 14.1. The van der Waals surface area contributed by atoms with E-state index in [-0.39, 0.29) is 29.3 Å². The first kappa shape index (κ1) is 16.1. The average molecular weight is 318 g/mol. The van der Waals surface area contributed by atoms with Gasteiger partial charge in [-0.15, -0.1) is 0 Å². The van der Waals surface area contributed by atoms with E-state index in [1.165, 1.54) is 0 Å². The fraction of sp³-hybridized carbons (Fsp3) is 0.611. The molecule has 0 aromatic heterocycles. The van der Waals surface area contributed by atoms with E-state index in [4.69, 9.17) is 4.74 Å². The predicted octanol–water partition coefficient (Wildman–Crippen LogP) is 2.39. The van der Waals surface area contributed by atoms with Crippen LogP contribution in [0.1, 0.15) is 26.3 Å². The highest BCUT2D eigenvalue weighted by Gasteiger charge is 2.51. The number of hydrogen-bond acceptors (Lipinski definition) is 3. The number of rotatable bonds is 3. The van der Waals surface area contributed by atoms with E-state index < -0.39 is 0 Å². The molecule has 2 aliphatic heterocycles. The molecule has 1 aromatic rings. The maximum Gasteiger partial charge on any atom is 0.317 e. The smallest absolute Gasteiger partial charge is 0.317 e. The third-order valence-corrected chi connectivity index (χ3v) is 5.12. The number of amides is 2. The van der Waals surface area contributed by atoms with Crippen LogP contribution in [-0.4, -0.2) is 47.9 Å². The van der Waals surface area contributed by atoms with Crippen molar-refractivity contribution in [2.75, 3.05) is 19.8 Å². The van der Waals surface area contributed by atoms with E-state index >= 15 is 0 Å². The zero-order chi connectivity index (χ0) is 16.6. The van der Waals surface area contributed by atoms with Crippen molar-refractivity contribution in [1.29, 1.82) is 0 Å². The third-order valence-electron chi connectivity index (χ3n) is 5.12. The zero-order valence-corrected chi connectivity index (χ0v) is 14.1. The molecule has 2 fully saturated rings. The molecule has 3 rings (SSSR count). The molecular weight excluding hydrogens is 292 g/mol. The number of aromatic hydroxyl groups is 1. The van der Waals surface area contributed by atoms with Crippen molar-refractivity contribution in [1.82, 2.24) is 10.2 Å². The van der Waals surface area contributed by atoms with E-state index in [2.05, 4.69) is 19.2 Å². The van der Waals surface area contributed by atoms with Crippen molar-refractivity contribution in [3.05, 3.63) is 29.8 Å². The van der Waals surface area contributed by atoms with Crippen LogP contribution in [0.25, 0.3) is 0 Å². The van der Waals surface area contributed by atoms with Gasteiger partial charge in [0.1, 0.15) is 5.75 Å². The molecule has 23 heavy (non-hydrogen) atoms. The number of nitrogens with one attached hydrogen (secondary N) is 1. The number of hydrogen-bond donors (Lipinski definition) is 2. The summed E-state index contributed by atoms with van der Waals surface area (Å²) in [6.07, 6.45) is 0.696. The topological polar surface area (TPSA) is 61.8 Å². The van der Waals surface area contributed by atoms with Crippen molar-refractivity contribution in [3.63, 3.8) is 0 Å². The fourth-order valence-corrected chi connectivity index (χ4v) is 3.87. The van der Waals surface area contributed by atoms with Crippen LogP contribution < -0.4 is 5.32 Å². The number of phenols is 1. The van der Waals surface area contributed by atoms with Gasteiger partial charge in [0.25, 0.3) is 0 Å².